The summed E-state index contributed by atoms with van der Waals surface area (Å²) in [6, 6.07) is 16.4. The third-order valence-corrected chi connectivity index (χ3v) is 3.28. The van der Waals surface area contributed by atoms with Gasteiger partial charge in [-0.25, -0.2) is 0 Å². The third-order valence-electron chi connectivity index (χ3n) is 3.28. The van der Waals surface area contributed by atoms with E-state index in [9.17, 15) is 0 Å². The summed E-state index contributed by atoms with van der Waals surface area (Å²) >= 11 is 0. The van der Waals surface area contributed by atoms with Gasteiger partial charge in [-0.05, 0) is 52.1 Å². The number of pyridine rings is 2. The maximum atomic E-state index is 4.16. The lowest BCUT2D eigenvalue weighted by Gasteiger charge is -2.07. The second-order valence-corrected chi connectivity index (χ2v) is 4.53. The van der Waals surface area contributed by atoms with Crippen molar-refractivity contribution in [3.05, 3.63) is 91.0 Å². The number of hydrogen-bond acceptors (Lipinski definition) is 2. The van der Waals surface area contributed by atoms with Crippen molar-refractivity contribution in [3.63, 3.8) is 0 Å². The van der Waals surface area contributed by atoms with Crippen LogP contribution in [0.2, 0.25) is 0 Å². The van der Waals surface area contributed by atoms with Gasteiger partial charge in [0.2, 0.25) is 0 Å². The Bertz CT molecular complexity index is 701. The summed E-state index contributed by atoms with van der Waals surface area (Å²) in [6.45, 7) is 4.16. The summed E-state index contributed by atoms with van der Waals surface area (Å²) in [4.78, 5) is 8.06. The Morgan fingerprint density at radius 3 is 1.65 bits per heavy atom. The summed E-state index contributed by atoms with van der Waals surface area (Å²) in [5, 5.41) is 0. The molecule has 0 aliphatic rings. The van der Waals surface area contributed by atoms with E-state index in [0.29, 0.717) is 0 Å². The monoisotopic (exact) mass is 258 g/mol. The Labute approximate surface area is 118 Å². The minimum Gasteiger partial charge on any atom is -0.265 e. The molecule has 0 atom stereocenters. The van der Waals surface area contributed by atoms with E-state index >= 15 is 0 Å². The largest absolute Gasteiger partial charge is 0.265 e. The van der Waals surface area contributed by atoms with Crippen molar-refractivity contribution in [1.82, 2.24) is 9.97 Å². The zero-order valence-electron chi connectivity index (χ0n) is 11.0. The summed E-state index contributed by atoms with van der Waals surface area (Å²) < 4.78 is 0. The van der Waals surface area contributed by atoms with Crippen LogP contribution in [0.4, 0.5) is 0 Å². The number of hydrogen-bond donors (Lipinski definition) is 0. The molecule has 2 nitrogen and oxygen atoms in total. The molecule has 2 heterocycles. The van der Waals surface area contributed by atoms with Gasteiger partial charge in [0.15, 0.2) is 0 Å². The van der Waals surface area contributed by atoms with Crippen LogP contribution in [-0.2, 0) is 0 Å². The molecule has 0 radical (unpaired) electrons. The molecule has 0 fully saturated rings. The Balaban J connectivity index is 1.89. The van der Waals surface area contributed by atoms with Crippen LogP contribution in [0.15, 0.2) is 79.9 Å². The van der Waals surface area contributed by atoms with Gasteiger partial charge >= 0.3 is 0 Å². The van der Waals surface area contributed by atoms with Crippen LogP contribution in [0.5, 0.6) is 0 Å². The van der Waals surface area contributed by atoms with E-state index in [1.165, 1.54) is 11.1 Å². The second kappa shape index (κ2) is 5.49. The predicted molar refractivity (Wildman–Crippen MR) is 82.0 cm³/mol. The lowest BCUT2D eigenvalue weighted by Crippen LogP contribution is -1.87. The van der Waals surface area contributed by atoms with Crippen LogP contribution in [0.25, 0.3) is 16.7 Å². The molecular weight excluding hydrogens is 244 g/mol. The summed E-state index contributed by atoms with van der Waals surface area (Å²) in [5.74, 6) is 0. The first kappa shape index (κ1) is 12.3. The van der Waals surface area contributed by atoms with Crippen molar-refractivity contribution in [2.24, 2.45) is 0 Å². The quantitative estimate of drug-likeness (QED) is 0.703. The minimum absolute atomic E-state index is 1.01. The van der Waals surface area contributed by atoms with Crippen LogP contribution < -0.4 is 0 Å². The molecule has 0 unspecified atom stereocenters. The molecule has 96 valence electrons. The first-order chi connectivity index (χ1) is 9.84. The van der Waals surface area contributed by atoms with Crippen LogP contribution in [0, 0.1) is 0 Å². The van der Waals surface area contributed by atoms with E-state index in [2.05, 4.69) is 40.8 Å². The van der Waals surface area contributed by atoms with Gasteiger partial charge in [-0.15, -0.1) is 0 Å². The fraction of sp³-hybridized carbons (Fsp3) is 0. The topological polar surface area (TPSA) is 25.8 Å². The molecule has 0 aliphatic carbocycles. The zero-order valence-corrected chi connectivity index (χ0v) is 11.0. The Morgan fingerprint density at radius 1 is 0.600 bits per heavy atom. The summed E-state index contributed by atoms with van der Waals surface area (Å²) in [5.41, 5.74) is 5.57. The number of aromatic nitrogens is 2. The normalized spacial score (nSPS) is 10.2. The van der Waals surface area contributed by atoms with E-state index in [1.807, 2.05) is 24.3 Å². The Morgan fingerprint density at radius 2 is 1.05 bits per heavy atom. The van der Waals surface area contributed by atoms with E-state index < -0.39 is 0 Å². The molecule has 0 bridgehead atoms. The predicted octanol–water partition coefficient (Wildman–Crippen LogP) is 4.21. The van der Waals surface area contributed by atoms with Gasteiger partial charge in [0.1, 0.15) is 0 Å². The highest BCUT2D eigenvalue weighted by molar-refractivity contribution is 5.79. The molecule has 3 rings (SSSR count). The number of rotatable bonds is 3. The summed E-state index contributed by atoms with van der Waals surface area (Å²) in [6.07, 6.45) is 7.18. The van der Waals surface area contributed by atoms with E-state index in [-0.39, 0.29) is 0 Å². The van der Waals surface area contributed by atoms with Crippen molar-refractivity contribution in [2.45, 2.75) is 0 Å². The van der Waals surface area contributed by atoms with Gasteiger partial charge in [-0.2, -0.15) is 0 Å². The average Bonchev–Trinajstić information content (AvgIpc) is 2.56. The molecule has 0 saturated heterocycles. The molecule has 2 heteroatoms. The van der Waals surface area contributed by atoms with E-state index in [4.69, 9.17) is 0 Å². The van der Waals surface area contributed by atoms with Crippen molar-refractivity contribution in [1.29, 1.82) is 0 Å². The lowest BCUT2D eigenvalue weighted by atomic mass is 9.98. The number of nitrogens with zero attached hydrogens (tertiary/aromatic N) is 2. The molecule has 20 heavy (non-hydrogen) atoms. The Kier molecular flexibility index (Phi) is 3.38. The van der Waals surface area contributed by atoms with Crippen LogP contribution in [0.1, 0.15) is 11.1 Å². The number of benzene rings is 1. The highest BCUT2D eigenvalue weighted by atomic mass is 14.6. The van der Waals surface area contributed by atoms with Gasteiger partial charge in [0, 0.05) is 24.8 Å². The van der Waals surface area contributed by atoms with Gasteiger partial charge in [-0.3, -0.25) is 9.97 Å². The molecule has 1 aromatic carbocycles. The highest BCUT2D eigenvalue weighted by Gasteiger charge is 2.03. The van der Waals surface area contributed by atoms with Gasteiger partial charge in [0.05, 0.1) is 0 Å². The fourth-order valence-electron chi connectivity index (χ4n) is 2.13. The molecule has 3 aromatic rings. The molecule has 2 aromatic heterocycles. The van der Waals surface area contributed by atoms with Crippen LogP contribution >= 0.6 is 0 Å². The SMILES string of the molecule is C=C(c1ccncc1)c1ccc(-c2ccncc2)cc1. The summed E-state index contributed by atoms with van der Waals surface area (Å²) in [7, 11) is 0. The Hall–Kier alpha value is -2.74. The first-order valence-electron chi connectivity index (χ1n) is 6.45. The molecule has 0 spiro atoms. The van der Waals surface area contributed by atoms with Gasteiger partial charge in [-0.1, -0.05) is 30.8 Å². The van der Waals surface area contributed by atoms with Crippen LogP contribution in [-0.4, -0.2) is 9.97 Å². The van der Waals surface area contributed by atoms with Crippen LogP contribution in [0.3, 0.4) is 0 Å². The minimum atomic E-state index is 1.01. The van der Waals surface area contributed by atoms with Crippen molar-refractivity contribution < 1.29 is 0 Å². The van der Waals surface area contributed by atoms with Gasteiger partial charge in [0.25, 0.3) is 0 Å². The standard InChI is InChI=1S/C18H14N2/c1-14(16-6-10-19-11-7-16)15-2-4-17(5-3-15)18-8-12-20-13-9-18/h2-13H,1H2. The maximum Gasteiger partial charge on any atom is 0.0273 e. The third kappa shape index (κ3) is 2.50. The lowest BCUT2D eigenvalue weighted by molar-refractivity contribution is 1.31. The van der Waals surface area contributed by atoms with Gasteiger partial charge < -0.3 is 0 Å². The molecule has 0 N–H and O–H groups in total. The average molecular weight is 258 g/mol. The molecule has 0 saturated carbocycles. The van der Waals surface area contributed by atoms with Crippen molar-refractivity contribution >= 4 is 5.57 Å². The van der Waals surface area contributed by atoms with E-state index in [0.717, 1.165) is 16.7 Å². The molecular formula is C18H14N2. The molecule has 0 aliphatic heterocycles. The maximum absolute atomic E-state index is 4.16. The van der Waals surface area contributed by atoms with Crippen molar-refractivity contribution in [2.75, 3.05) is 0 Å². The van der Waals surface area contributed by atoms with Crippen molar-refractivity contribution in [3.8, 4) is 11.1 Å². The highest BCUT2D eigenvalue weighted by Crippen LogP contribution is 2.24. The molecule has 0 amide bonds. The zero-order chi connectivity index (χ0) is 13.8. The first-order valence-corrected chi connectivity index (χ1v) is 6.45. The van der Waals surface area contributed by atoms with E-state index in [1.54, 1.807) is 24.8 Å². The second-order valence-electron chi connectivity index (χ2n) is 4.53. The fourth-order valence-corrected chi connectivity index (χ4v) is 2.13. The smallest absolute Gasteiger partial charge is 0.0273 e.